The van der Waals surface area contributed by atoms with E-state index in [4.69, 9.17) is 14.2 Å². The molecule has 1 saturated heterocycles. The van der Waals surface area contributed by atoms with E-state index in [0.29, 0.717) is 55.6 Å². The molecule has 1 amide bonds. The summed E-state index contributed by atoms with van der Waals surface area (Å²) in [4.78, 5) is 26.8. The minimum Gasteiger partial charge on any atom is -0.467 e. The number of anilines is 2. The molecule has 0 spiro atoms. The van der Waals surface area contributed by atoms with Crippen molar-refractivity contribution in [2.45, 2.75) is 6.61 Å². The Labute approximate surface area is 149 Å². The number of nitrogens with zero attached hydrogens (tertiary/aromatic N) is 4. The highest BCUT2D eigenvalue weighted by molar-refractivity contribution is 7.13. The van der Waals surface area contributed by atoms with Gasteiger partial charge >= 0.3 is 0 Å². The Balaban J connectivity index is 1.66. The normalized spacial score (nSPS) is 14.4. The summed E-state index contributed by atoms with van der Waals surface area (Å²) in [6, 6.07) is 1.67. The van der Waals surface area contributed by atoms with E-state index in [1.54, 1.807) is 24.8 Å². The van der Waals surface area contributed by atoms with Crippen LogP contribution >= 0.6 is 11.3 Å². The summed E-state index contributed by atoms with van der Waals surface area (Å²) in [6.45, 7) is 2.85. The molecule has 9 nitrogen and oxygen atoms in total. The van der Waals surface area contributed by atoms with Crippen LogP contribution in [0.1, 0.15) is 5.69 Å². The van der Waals surface area contributed by atoms with Crippen molar-refractivity contribution in [3.63, 3.8) is 0 Å². The van der Waals surface area contributed by atoms with E-state index < -0.39 is 0 Å². The Morgan fingerprint density at radius 1 is 1.40 bits per heavy atom. The molecule has 134 valence electrons. The summed E-state index contributed by atoms with van der Waals surface area (Å²) in [6.07, 6.45) is 1.62. The lowest BCUT2D eigenvalue weighted by atomic mass is 10.4. The van der Waals surface area contributed by atoms with Crippen molar-refractivity contribution in [1.29, 1.82) is 0 Å². The van der Waals surface area contributed by atoms with Crippen LogP contribution in [0.4, 0.5) is 11.1 Å². The number of hydrogen-bond donors (Lipinski definition) is 1. The van der Waals surface area contributed by atoms with Gasteiger partial charge in [-0.05, 0) is 0 Å². The third-order valence-electron chi connectivity index (χ3n) is 3.36. The molecule has 1 aliphatic heterocycles. The van der Waals surface area contributed by atoms with Crippen LogP contribution in [0.25, 0.3) is 0 Å². The molecule has 10 heteroatoms. The molecule has 0 atom stereocenters. The number of amides is 1. The third kappa shape index (κ3) is 5.08. The van der Waals surface area contributed by atoms with Gasteiger partial charge in [-0.1, -0.05) is 0 Å². The van der Waals surface area contributed by atoms with Crippen molar-refractivity contribution >= 4 is 28.3 Å². The van der Waals surface area contributed by atoms with Crippen LogP contribution in [-0.4, -0.2) is 60.9 Å². The average molecular weight is 365 g/mol. The highest BCUT2D eigenvalue weighted by Gasteiger charge is 2.17. The van der Waals surface area contributed by atoms with Gasteiger partial charge in [0.1, 0.15) is 0 Å². The molecule has 0 saturated carbocycles. The second-order valence-corrected chi connectivity index (χ2v) is 6.10. The number of hydrogen-bond acceptors (Lipinski definition) is 9. The van der Waals surface area contributed by atoms with Crippen molar-refractivity contribution in [3.8, 4) is 5.88 Å². The summed E-state index contributed by atoms with van der Waals surface area (Å²) in [7, 11) is 1.60. The largest absolute Gasteiger partial charge is 0.467 e. The predicted molar refractivity (Wildman–Crippen MR) is 92.0 cm³/mol. The molecular formula is C15H19N5O4S. The number of aromatic nitrogens is 3. The van der Waals surface area contributed by atoms with Crippen LogP contribution in [0.15, 0.2) is 17.6 Å². The topological polar surface area (TPSA) is 98.7 Å². The number of carbonyl (C=O) groups is 1. The molecule has 0 aromatic carbocycles. The van der Waals surface area contributed by atoms with Gasteiger partial charge in [-0.25, -0.2) is 9.97 Å². The summed E-state index contributed by atoms with van der Waals surface area (Å²) in [5, 5.41) is 4.98. The Bertz CT molecular complexity index is 691. The van der Waals surface area contributed by atoms with Crippen LogP contribution < -0.4 is 15.0 Å². The van der Waals surface area contributed by atoms with Crippen LogP contribution in [0.3, 0.4) is 0 Å². The van der Waals surface area contributed by atoms with Crippen molar-refractivity contribution in [2.24, 2.45) is 0 Å². The van der Waals surface area contributed by atoms with Gasteiger partial charge in [0.15, 0.2) is 11.7 Å². The maximum Gasteiger partial charge on any atom is 0.264 e. The number of nitrogens with one attached hydrogen (secondary N) is 1. The predicted octanol–water partition coefficient (Wildman–Crippen LogP) is 0.934. The molecule has 1 fully saturated rings. The van der Waals surface area contributed by atoms with Crippen molar-refractivity contribution < 1.29 is 19.0 Å². The Kier molecular flexibility index (Phi) is 6.09. The van der Waals surface area contributed by atoms with Gasteiger partial charge < -0.3 is 19.1 Å². The fraction of sp³-hybridized carbons (Fsp3) is 0.467. The quantitative estimate of drug-likeness (QED) is 0.774. The van der Waals surface area contributed by atoms with Gasteiger partial charge in [0.25, 0.3) is 5.91 Å². The number of ether oxygens (including phenoxy) is 3. The van der Waals surface area contributed by atoms with E-state index in [1.165, 1.54) is 11.3 Å². The Hall–Kier alpha value is -2.30. The molecular weight excluding hydrogens is 346 g/mol. The van der Waals surface area contributed by atoms with E-state index in [-0.39, 0.29) is 12.5 Å². The van der Waals surface area contributed by atoms with E-state index in [2.05, 4.69) is 20.3 Å². The molecule has 0 unspecified atom stereocenters. The summed E-state index contributed by atoms with van der Waals surface area (Å²) < 4.78 is 16.0. The number of rotatable bonds is 7. The Morgan fingerprint density at radius 2 is 2.24 bits per heavy atom. The molecule has 25 heavy (non-hydrogen) atoms. The second-order valence-electron chi connectivity index (χ2n) is 5.20. The van der Waals surface area contributed by atoms with Gasteiger partial charge in [0, 0.05) is 37.8 Å². The van der Waals surface area contributed by atoms with E-state index in [0.717, 1.165) is 0 Å². The van der Waals surface area contributed by atoms with Crippen LogP contribution in [0.2, 0.25) is 0 Å². The first-order valence-corrected chi connectivity index (χ1v) is 8.64. The highest BCUT2D eigenvalue weighted by atomic mass is 32.1. The molecule has 2 aromatic rings. The van der Waals surface area contributed by atoms with Crippen LogP contribution in [0.5, 0.6) is 5.88 Å². The molecule has 2 aromatic heterocycles. The molecule has 0 aliphatic carbocycles. The number of morpholine rings is 1. The molecule has 3 heterocycles. The average Bonchev–Trinajstić information content (AvgIpc) is 3.14. The minimum absolute atomic E-state index is 0.161. The molecule has 3 rings (SSSR count). The van der Waals surface area contributed by atoms with Gasteiger partial charge in [0.05, 0.1) is 25.5 Å². The van der Waals surface area contributed by atoms with Gasteiger partial charge in [-0.2, -0.15) is 4.98 Å². The summed E-state index contributed by atoms with van der Waals surface area (Å²) in [5.74, 6) is 0.584. The monoisotopic (exact) mass is 365 g/mol. The van der Waals surface area contributed by atoms with Crippen molar-refractivity contribution in [1.82, 2.24) is 15.0 Å². The molecule has 0 bridgehead atoms. The van der Waals surface area contributed by atoms with Crippen molar-refractivity contribution in [3.05, 3.63) is 23.3 Å². The third-order valence-corrected chi connectivity index (χ3v) is 4.05. The lowest BCUT2D eigenvalue weighted by Crippen LogP contribution is -2.37. The van der Waals surface area contributed by atoms with Gasteiger partial charge in [-0.15, -0.1) is 11.3 Å². The van der Waals surface area contributed by atoms with E-state index in [9.17, 15) is 4.79 Å². The smallest absolute Gasteiger partial charge is 0.264 e. The maximum atomic E-state index is 11.9. The zero-order chi connectivity index (χ0) is 17.5. The first-order valence-electron chi connectivity index (χ1n) is 7.76. The lowest BCUT2D eigenvalue weighted by molar-refractivity contribution is -0.118. The Morgan fingerprint density at radius 3 is 2.96 bits per heavy atom. The first-order chi connectivity index (χ1) is 12.2. The SMILES string of the molecule is COCc1cc(OCC(=O)Nc2nccs2)nc(N2CCOCC2)n1. The summed E-state index contributed by atoms with van der Waals surface area (Å²) >= 11 is 1.34. The molecule has 1 N–H and O–H groups in total. The van der Waals surface area contributed by atoms with E-state index >= 15 is 0 Å². The van der Waals surface area contributed by atoms with Crippen LogP contribution in [0, 0.1) is 0 Å². The fourth-order valence-corrected chi connectivity index (χ4v) is 2.78. The molecule has 1 aliphatic rings. The number of methoxy groups -OCH3 is 1. The standard InChI is InChI=1S/C15H19N5O4S/c1-22-9-11-8-13(19-14(17-11)20-3-5-23-6-4-20)24-10-12(21)18-15-16-2-7-25-15/h2,7-8H,3-6,9-10H2,1H3,(H,16,18,21). The van der Waals surface area contributed by atoms with Gasteiger partial charge in [-0.3, -0.25) is 10.1 Å². The van der Waals surface area contributed by atoms with Crippen molar-refractivity contribution in [2.75, 3.05) is 50.2 Å². The summed E-state index contributed by atoms with van der Waals surface area (Å²) in [5.41, 5.74) is 0.689. The van der Waals surface area contributed by atoms with E-state index in [1.807, 2.05) is 4.90 Å². The number of thiazole rings is 1. The zero-order valence-electron chi connectivity index (χ0n) is 13.8. The van der Waals surface area contributed by atoms with Crippen LogP contribution in [-0.2, 0) is 20.9 Å². The highest BCUT2D eigenvalue weighted by Crippen LogP contribution is 2.18. The zero-order valence-corrected chi connectivity index (χ0v) is 14.6. The maximum absolute atomic E-state index is 11.9. The lowest BCUT2D eigenvalue weighted by Gasteiger charge is -2.27. The van der Waals surface area contributed by atoms with Gasteiger partial charge in [0.2, 0.25) is 11.8 Å². The first kappa shape index (κ1) is 17.5. The second kappa shape index (κ2) is 8.70. The fourth-order valence-electron chi connectivity index (χ4n) is 2.24. The molecule has 0 radical (unpaired) electrons. The minimum atomic E-state index is -0.297. The number of carbonyl (C=O) groups excluding carboxylic acids is 1.